The van der Waals surface area contributed by atoms with Crippen molar-refractivity contribution >= 4 is 23.5 Å². The molecule has 0 saturated heterocycles. The maximum Gasteiger partial charge on any atom is 0.124 e. The van der Waals surface area contributed by atoms with Crippen molar-refractivity contribution < 1.29 is 5.11 Å². The minimum Gasteiger partial charge on any atom is -0.507 e. The number of anilines is 1. The van der Waals surface area contributed by atoms with E-state index in [1.807, 2.05) is 37.4 Å². The third kappa shape index (κ3) is 3.02. The van der Waals surface area contributed by atoms with Gasteiger partial charge in [-0.15, -0.1) is 0 Å². The Labute approximate surface area is 111 Å². The number of halogens is 1. The van der Waals surface area contributed by atoms with Crippen LogP contribution in [0.15, 0.2) is 53.6 Å². The van der Waals surface area contributed by atoms with Gasteiger partial charge in [0.15, 0.2) is 0 Å². The standard InChI is InChI=1S/C14H13ClN2O/c1-17(13-5-3-2-4-6-13)16-10-11-9-12(15)7-8-14(11)18/h2-10,18H,1H3/b16-10+. The molecule has 92 valence electrons. The SMILES string of the molecule is CN(/N=C/c1cc(Cl)ccc1O)c1ccccc1. The van der Waals surface area contributed by atoms with Crippen LogP contribution in [0.25, 0.3) is 0 Å². The molecular weight excluding hydrogens is 248 g/mol. The predicted octanol–water partition coefficient (Wildman–Crippen LogP) is 3.52. The summed E-state index contributed by atoms with van der Waals surface area (Å²) in [4.78, 5) is 0. The summed E-state index contributed by atoms with van der Waals surface area (Å²) < 4.78 is 0. The Bertz CT molecular complexity index is 555. The molecule has 1 N–H and O–H groups in total. The third-order valence-electron chi connectivity index (χ3n) is 2.49. The zero-order valence-electron chi connectivity index (χ0n) is 9.92. The lowest BCUT2D eigenvalue weighted by Gasteiger charge is -2.12. The number of phenols is 1. The molecule has 2 aromatic carbocycles. The van der Waals surface area contributed by atoms with Crippen molar-refractivity contribution in [2.45, 2.75) is 0 Å². The van der Waals surface area contributed by atoms with Crippen molar-refractivity contribution in [3.63, 3.8) is 0 Å². The van der Waals surface area contributed by atoms with Gasteiger partial charge in [0.05, 0.1) is 11.9 Å². The second kappa shape index (κ2) is 5.56. The van der Waals surface area contributed by atoms with Crippen LogP contribution < -0.4 is 5.01 Å². The molecule has 0 bridgehead atoms. The molecule has 3 nitrogen and oxygen atoms in total. The average molecular weight is 261 g/mol. The van der Waals surface area contributed by atoms with E-state index in [1.165, 1.54) is 0 Å². The van der Waals surface area contributed by atoms with Gasteiger partial charge in [-0.25, -0.2) is 0 Å². The van der Waals surface area contributed by atoms with E-state index in [9.17, 15) is 5.11 Å². The second-order valence-corrected chi connectivity index (χ2v) is 4.24. The first kappa shape index (κ1) is 12.5. The Morgan fingerprint density at radius 3 is 2.61 bits per heavy atom. The zero-order chi connectivity index (χ0) is 13.0. The van der Waals surface area contributed by atoms with Gasteiger partial charge < -0.3 is 5.11 Å². The first-order valence-electron chi connectivity index (χ1n) is 5.48. The highest BCUT2D eigenvalue weighted by Crippen LogP contribution is 2.20. The number of nitrogens with zero attached hydrogens (tertiary/aromatic N) is 2. The van der Waals surface area contributed by atoms with Crippen LogP contribution in [-0.4, -0.2) is 18.4 Å². The first-order chi connectivity index (χ1) is 8.66. The molecule has 2 rings (SSSR count). The van der Waals surface area contributed by atoms with Gasteiger partial charge in [0.1, 0.15) is 5.75 Å². The molecule has 0 atom stereocenters. The Balaban J connectivity index is 2.18. The third-order valence-corrected chi connectivity index (χ3v) is 2.72. The Morgan fingerprint density at radius 2 is 1.89 bits per heavy atom. The minimum absolute atomic E-state index is 0.157. The fourth-order valence-corrected chi connectivity index (χ4v) is 1.67. The number of benzene rings is 2. The maximum absolute atomic E-state index is 9.65. The zero-order valence-corrected chi connectivity index (χ0v) is 10.7. The summed E-state index contributed by atoms with van der Waals surface area (Å²) in [6.07, 6.45) is 1.58. The molecule has 2 aromatic rings. The smallest absolute Gasteiger partial charge is 0.124 e. The van der Waals surface area contributed by atoms with Gasteiger partial charge in [0.25, 0.3) is 0 Å². The van der Waals surface area contributed by atoms with E-state index in [-0.39, 0.29) is 5.75 Å². The van der Waals surface area contributed by atoms with Gasteiger partial charge in [-0.05, 0) is 30.3 Å². The minimum atomic E-state index is 0.157. The normalized spacial score (nSPS) is 10.8. The molecule has 4 heteroatoms. The lowest BCUT2D eigenvalue weighted by Crippen LogP contribution is -2.08. The van der Waals surface area contributed by atoms with E-state index in [1.54, 1.807) is 29.4 Å². The van der Waals surface area contributed by atoms with Gasteiger partial charge in [0.2, 0.25) is 0 Å². The summed E-state index contributed by atoms with van der Waals surface area (Å²) in [6, 6.07) is 14.6. The van der Waals surface area contributed by atoms with E-state index in [4.69, 9.17) is 11.6 Å². The number of phenolic OH excluding ortho intramolecular Hbond substituents is 1. The highest BCUT2D eigenvalue weighted by atomic mass is 35.5. The topological polar surface area (TPSA) is 35.8 Å². The Hall–Kier alpha value is -2.00. The van der Waals surface area contributed by atoms with Gasteiger partial charge in [-0.3, -0.25) is 5.01 Å². The molecule has 0 saturated carbocycles. The highest BCUT2D eigenvalue weighted by molar-refractivity contribution is 6.30. The largest absolute Gasteiger partial charge is 0.507 e. The summed E-state index contributed by atoms with van der Waals surface area (Å²) in [6.45, 7) is 0. The molecule has 0 fully saturated rings. The molecule has 0 amide bonds. The van der Waals surface area contributed by atoms with Gasteiger partial charge in [-0.2, -0.15) is 5.10 Å². The van der Waals surface area contributed by atoms with Gasteiger partial charge >= 0.3 is 0 Å². The summed E-state index contributed by atoms with van der Waals surface area (Å²) >= 11 is 5.86. The monoisotopic (exact) mass is 260 g/mol. The van der Waals surface area contributed by atoms with Crippen LogP contribution in [0, 0.1) is 0 Å². The van der Waals surface area contributed by atoms with Crippen molar-refractivity contribution in [3.05, 3.63) is 59.1 Å². The van der Waals surface area contributed by atoms with Crippen molar-refractivity contribution in [3.8, 4) is 5.75 Å². The number of hydrazone groups is 1. The summed E-state index contributed by atoms with van der Waals surface area (Å²) in [5.41, 5.74) is 1.56. The van der Waals surface area contributed by atoms with Gasteiger partial charge in [-0.1, -0.05) is 29.8 Å². The average Bonchev–Trinajstić information content (AvgIpc) is 2.40. The molecular formula is C14H13ClN2O. The molecule has 18 heavy (non-hydrogen) atoms. The van der Waals surface area contributed by atoms with Crippen LogP contribution in [0.1, 0.15) is 5.56 Å². The van der Waals surface area contributed by atoms with Crippen molar-refractivity contribution in [2.24, 2.45) is 5.10 Å². The number of para-hydroxylation sites is 1. The molecule has 0 unspecified atom stereocenters. The lowest BCUT2D eigenvalue weighted by molar-refractivity contribution is 0.474. The number of aromatic hydroxyl groups is 1. The molecule has 0 heterocycles. The molecule has 0 aliphatic heterocycles. The second-order valence-electron chi connectivity index (χ2n) is 3.81. The maximum atomic E-state index is 9.65. The fourth-order valence-electron chi connectivity index (χ4n) is 1.49. The number of hydrogen-bond donors (Lipinski definition) is 1. The predicted molar refractivity (Wildman–Crippen MR) is 75.6 cm³/mol. The van der Waals surface area contributed by atoms with Crippen LogP contribution in [0.3, 0.4) is 0 Å². The number of hydrogen-bond acceptors (Lipinski definition) is 3. The summed E-state index contributed by atoms with van der Waals surface area (Å²) in [5.74, 6) is 0.157. The number of rotatable bonds is 3. The summed E-state index contributed by atoms with van der Waals surface area (Å²) in [5, 5.41) is 16.2. The van der Waals surface area contributed by atoms with Gasteiger partial charge in [0, 0.05) is 17.6 Å². The summed E-state index contributed by atoms with van der Waals surface area (Å²) in [7, 11) is 1.84. The highest BCUT2D eigenvalue weighted by Gasteiger charge is 2.00. The van der Waals surface area contributed by atoms with E-state index >= 15 is 0 Å². The molecule has 0 radical (unpaired) electrons. The quantitative estimate of drug-likeness (QED) is 0.677. The van der Waals surface area contributed by atoms with Crippen LogP contribution in [0.2, 0.25) is 5.02 Å². The molecule has 0 aliphatic carbocycles. The molecule has 0 spiro atoms. The van der Waals surface area contributed by atoms with E-state index in [2.05, 4.69) is 5.10 Å². The Morgan fingerprint density at radius 1 is 1.17 bits per heavy atom. The Kier molecular flexibility index (Phi) is 3.85. The molecule has 0 aromatic heterocycles. The van der Waals surface area contributed by atoms with Crippen molar-refractivity contribution in [1.82, 2.24) is 0 Å². The fraction of sp³-hybridized carbons (Fsp3) is 0.0714. The van der Waals surface area contributed by atoms with E-state index < -0.39 is 0 Å². The van der Waals surface area contributed by atoms with E-state index in [0.29, 0.717) is 10.6 Å². The van der Waals surface area contributed by atoms with E-state index in [0.717, 1.165) is 5.69 Å². The van der Waals surface area contributed by atoms with Crippen LogP contribution in [0.5, 0.6) is 5.75 Å². The lowest BCUT2D eigenvalue weighted by atomic mass is 10.2. The van der Waals surface area contributed by atoms with Crippen LogP contribution in [-0.2, 0) is 0 Å². The van der Waals surface area contributed by atoms with Crippen molar-refractivity contribution in [2.75, 3.05) is 12.1 Å². The van der Waals surface area contributed by atoms with Crippen LogP contribution >= 0.6 is 11.6 Å². The van der Waals surface area contributed by atoms with Crippen molar-refractivity contribution in [1.29, 1.82) is 0 Å². The van der Waals surface area contributed by atoms with Crippen LogP contribution in [0.4, 0.5) is 5.69 Å². The first-order valence-corrected chi connectivity index (χ1v) is 5.86. The molecule has 0 aliphatic rings.